The van der Waals surface area contributed by atoms with Gasteiger partial charge in [0.1, 0.15) is 24.2 Å². The van der Waals surface area contributed by atoms with E-state index in [1.807, 2.05) is 14.0 Å². The summed E-state index contributed by atoms with van der Waals surface area (Å²) < 4.78 is 25.4. The Morgan fingerprint density at radius 2 is 1.76 bits per heavy atom. The van der Waals surface area contributed by atoms with E-state index < -0.39 is 35.6 Å². The molecule has 1 aromatic heterocycles. The minimum absolute atomic E-state index is 0.0484. The van der Waals surface area contributed by atoms with Gasteiger partial charge < -0.3 is 25.2 Å². The SMILES string of the molecule is CCc1nonc1C(=O)N[C@H](C(=O)Cc1ccc([C@H](C)[C@@H](NC(=O)COC)C(=O)N2CCN(C)CC2)cc1F)C1CCC(C)CC1. The third kappa shape index (κ3) is 8.75. The normalized spacial score (nSPS) is 20.9. The first-order chi connectivity index (χ1) is 22.0. The molecule has 2 N–H and O–H groups in total. The number of Topliss-reactive ketones (excluding diaryl/α,β-unsaturated/α-hetero) is 1. The monoisotopic (exact) mass is 642 g/mol. The van der Waals surface area contributed by atoms with Gasteiger partial charge in [-0.25, -0.2) is 9.02 Å². The fourth-order valence-corrected chi connectivity index (χ4v) is 6.35. The van der Waals surface area contributed by atoms with Gasteiger partial charge in [0.15, 0.2) is 11.5 Å². The molecule has 1 aliphatic carbocycles. The standard InChI is InChI=1S/C33H47FN6O6/c1-6-26-31(38-46-37-26)32(43)36-30(22-9-7-20(2)8-10-22)27(41)18-24-12-11-23(17-25(24)34)21(3)29(35-28(42)19-45-5)33(44)40-15-13-39(4)14-16-40/h11-12,17,20-22,29-30H,6-10,13-16,18-19H2,1-5H3,(H,35,42)(H,36,43)/t20?,21-,22?,29+,30-/m0/s1. The van der Waals surface area contributed by atoms with E-state index in [4.69, 9.17) is 9.37 Å². The number of aryl methyl sites for hydroxylation is 1. The Labute approximate surface area is 269 Å². The highest BCUT2D eigenvalue weighted by atomic mass is 19.1. The van der Waals surface area contributed by atoms with Crippen LogP contribution in [0, 0.1) is 17.7 Å². The Kier molecular flexibility index (Phi) is 12.4. The van der Waals surface area contributed by atoms with Crippen LogP contribution < -0.4 is 10.6 Å². The van der Waals surface area contributed by atoms with Gasteiger partial charge in [-0.05, 0) is 60.5 Å². The lowest BCUT2D eigenvalue weighted by molar-refractivity contribution is -0.139. The maximum atomic E-state index is 15.7. The molecule has 2 aromatic rings. The number of hydrogen-bond donors (Lipinski definition) is 2. The summed E-state index contributed by atoms with van der Waals surface area (Å²) in [7, 11) is 3.38. The zero-order valence-electron chi connectivity index (χ0n) is 27.5. The van der Waals surface area contributed by atoms with Gasteiger partial charge in [0.2, 0.25) is 11.8 Å². The van der Waals surface area contributed by atoms with E-state index in [0.717, 1.165) is 25.7 Å². The van der Waals surface area contributed by atoms with Crippen LogP contribution in [0.5, 0.6) is 0 Å². The molecule has 4 rings (SSSR count). The third-order valence-electron chi connectivity index (χ3n) is 9.41. The predicted molar refractivity (Wildman–Crippen MR) is 167 cm³/mol. The van der Waals surface area contributed by atoms with Gasteiger partial charge >= 0.3 is 0 Å². The third-order valence-corrected chi connectivity index (χ3v) is 9.41. The maximum absolute atomic E-state index is 15.7. The molecular weight excluding hydrogens is 595 g/mol. The van der Waals surface area contributed by atoms with Crippen LogP contribution in [0.25, 0.3) is 0 Å². The highest BCUT2D eigenvalue weighted by Crippen LogP contribution is 2.32. The number of halogens is 1. The summed E-state index contributed by atoms with van der Waals surface area (Å²) in [6, 6.07) is 2.82. The van der Waals surface area contributed by atoms with Crippen LogP contribution in [0.4, 0.5) is 4.39 Å². The van der Waals surface area contributed by atoms with Gasteiger partial charge in [-0.2, -0.15) is 0 Å². The second kappa shape index (κ2) is 16.2. The molecule has 46 heavy (non-hydrogen) atoms. The molecule has 1 saturated carbocycles. The first kappa shape index (κ1) is 35.1. The van der Waals surface area contributed by atoms with Gasteiger partial charge in [-0.3, -0.25) is 19.2 Å². The van der Waals surface area contributed by atoms with Gasteiger partial charge in [0.25, 0.3) is 5.91 Å². The number of likely N-dealkylation sites (N-methyl/N-ethyl adjacent to an activating group) is 1. The van der Waals surface area contributed by atoms with Gasteiger partial charge in [-0.1, -0.05) is 50.9 Å². The first-order valence-corrected chi connectivity index (χ1v) is 16.2. The van der Waals surface area contributed by atoms with Crippen LogP contribution in [-0.2, 0) is 32.0 Å². The number of benzene rings is 1. The minimum Gasteiger partial charge on any atom is -0.375 e. The Morgan fingerprint density at radius 1 is 1.07 bits per heavy atom. The van der Waals surface area contributed by atoms with Crippen molar-refractivity contribution in [3.63, 3.8) is 0 Å². The van der Waals surface area contributed by atoms with Crippen LogP contribution in [0.2, 0.25) is 0 Å². The lowest BCUT2D eigenvalue weighted by Gasteiger charge is -2.36. The summed E-state index contributed by atoms with van der Waals surface area (Å²) in [4.78, 5) is 56.8. The molecule has 1 aliphatic heterocycles. The van der Waals surface area contributed by atoms with E-state index in [0.29, 0.717) is 49.8 Å². The smallest absolute Gasteiger partial charge is 0.276 e. The van der Waals surface area contributed by atoms with E-state index in [1.165, 1.54) is 13.2 Å². The van der Waals surface area contributed by atoms with E-state index in [1.54, 1.807) is 24.0 Å². The van der Waals surface area contributed by atoms with Crippen LogP contribution in [-0.4, -0.2) is 103 Å². The summed E-state index contributed by atoms with van der Waals surface area (Å²) in [5.41, 5.74) is 1.15. The summed E-state index contributed by atoms with van der Waals surface area (Å²) >= 11 is 0. The number of nitrogens with one attached hydrogen (secondary N) is 2. The molecule has 3 atom stereocenters. The summed E-state index contributed by atoms with van der Waals surface area (Å²) in [5, 5.41) is 13.2. The van der Waals surface area contributed by atoms with Crippen molar-refractivity contribution in [2.45, 2.75) is 77.3 Å². The van der Waals surface area contributed by atoms with Gasteiger partial charge in [-0.15, -0.1) is 0 Å². The van der Waals surface area contributed by atoms with E-state index in [9.17, 15) is 19.2 Å². The largest absolute Gasteiger partial charge is 0.375 e. The van der Waals surface area contributed by atoms with Gasteiger partial charge in [0.05, 0.1) is 6.04 Å². The number of ether oxygens (including phenoxy) is 1. The Hall–Kier alpha value is -3.71. The molecule has 252 valence electrons. The quantitative estimate of drug-likeness (QED) is 0.337. The molecule has 13 heteroatoms. The zero-order valence-corrected chi connectivity index (χ0v) is 27.5. The molecule has 0 bridgehead atoms. The molecular formula is C33H47FN6O6. The number of carbonyl (C=O) groups is 4. The number of ketones is 1. The van der Waals surface area contributed by atoms with Crippen LogP contribution >= 0.6 is 0 Å². The average molecular weight is 643 g/mol. The van der Waals surface area contributed by atoms with Crippen molar-refractivity contribution < 1.29 is 32.9 Å². The highest BCUT2D eigenvalue weighted by molar-refractivity contribution is 5.97. The molecule has 0 radical (unpaired) electrons. The topological polar surface area (TPSA) is 147 Å². The zero-order chi connectivity index (χ0) is 33.4. The molecule has 1 aromatic carbocycles. The second-order valence-electron chi connectivity index (χ2n) is 12.8. The fourth-order valence-electron chi connectivity index (χ4n) is 6.35. The number of piperazine rings is 1. The second-order valence-corrected chi connectivity index (χ2v) is 12.8. The lowest BCUT2D eigenvalue weighted by Crippen LogP contribution is -2.56. The van der Waals surface area contributed by atoms with Gasteiger partial charge in [0, 0.05) is 45.6 Å². The maximum Gasteiger partial charge on any atom is 0.276 e. The number of methoxy groups -OCH3 is 1. The molecule has 0 spiro atoms. The predicted octanol–water partition coefficient (Wildman–Crippen LogP) is 2.52. The van der Waals surface area contributed by atoms with E-state index in [-0.39, 0.29) is 41.9 Å². The molecule has 2 heterocycles. The van der Waals surface area contributed by atoms with Crippen molar-refractivity contribution in [3.05, 3.63) is 46.5 Å². The number of amides is 3. The lowest BCUT2D eigenvalue weighted by atomic mass is 9.77. The van der Waals surface area contributed by atoms with Crippen LogP contribution in [0.15, 0.2) is 22.8 Å². The van der Waals surface area contributed by atoms with E-state index in [2.05, 4.69) is 32.8 Å². The van der Waals surface area contributed by atoms with Crippen molar-refractivity contribution in [2.75, 3.05) is 46.9 Å². The van der Waals surface area contributed by atoms with Crippen molar-refractivity contribution >= 4 is 23.5 Å². The summed E-state index contributed by atoms with van der Waals surface area (Å²) in [6.45, 7) is 8.04. The van der Waals surface area contributed by atoms with Crippen LogP contribution in [0.1, 0.15) is 79.7 Å². The molecule has 1 saturated heterocycles. The Balaban J connectivity index is 1.52. The average Bonchev–Trinajstić information content (AvgIpc) is 3.53. The van der Waals surface area contributed by atoms with Crippen molar-refractivity contribution in [1.82, 2.24) is 30.7 Å². The van der Waals surface area contributed by atoms with Crippen LogP contribution in [0.3, 0.4) is 0 Å². The summed E-state index contributed by atoms with van der Waals surface area (Å²) in [5.74, 6) is -2.22. The van der Waals surface area contributed by atoms with Crippen molar-refractivity contribution in [3.8, 4) is 0 Å². The van der Waals surface area contributed by atoms with Crippen molar-refractivity contribution in [2.24, 2.45) is 11.8 Å². The number of hydrogen-bond acceptors (Lipinski definition) is 9. The number of rotatable bonds is 13. The molecule has 2 fully saturated rings. The molecule has 0 unspecified atom stereocenters. The molecule has 3 amide bonds. The minimum atomic E-state index is -0.926. The Bertz CT molecular complexity index is 1370. The number of carbonyl (C=O) groups excluding carboxylic acids is 4. The molecule has 2 aliphatic rings. The summed E-state index contributed by atoms with van der Waals surface area (Å²) in [6.07, 6.45) is 3.64. The highest BCUT2D eigenvalue weighted by Gasteiger charge is 2.35. The number of nitrogens with zero attached hydrogens (tertiary/aromatic N) is 4. The Morgan fingerprint density at radius 3 is 2.39 bits per heavy atom. The van der Waals surface area contributed by atoms with Crippen molar-refractivity contribution in [1.29, 1.82) is 0 Å². The fraction of sp³-hybridized carbons (Fsp3) is 0.636. The first-order valence-electron chi connectivity index (χ1n) is 16.2. The van der Waals surface area contributed by atoms with E-state index >= 15 is 4.39 Å². The number of aromatic nitrogens is 2. The molecule has 12 nitrogen and oxygen atoms in total.